The summed E-state index contributed by atoms with van der Waals surface area (Å²) in [6.07, 6.45) is 3.39. The molecule has 1 aromatic carbocycles. The first-order valence-electron chi connectivity index (χ1n) is 5.80. The SMILES string of the molecule is Cc1cc(C)c(CC2CCCN2)c(O)c1Br. The van der Waals surface area contributed by atoms with Crippen molar-refractivity contribution >= 4 is 15.9 Å². The van der Waals surface area contributed by atoms with Gasteiger partial charge in [0, 0.05) is 6.04 Å². The molecule has 0 radical (unpaired) electrons. The molecule has 88 valence electrons. The van der Waals surface area contributed by atoms with Crippen LogP contribution >= 0.6 is 15.9 Å². The second-order valence-corrected chi connectivity index (χ2v) is 5.44. The summed E-state index contributed by atoms with van der Waals surface area (Å²) < 4.78 is 0.839. The Morgan fingerprint density at radius 2 is 2.19 bits per heavy atom. The van der Waals surface area contributed by atoms with Crippen LogP contribution in [0.4, 0.5) is 0 Å². The number of phenols is 1. The Hall–Kier alpha value is -0.540. The molecule has 0 aromatic heterocycles. The highest BCUT2D eigenvalue weighted by atomic mass is 79.9. The molecule has 1 aliphatic rings. The highest BCUT2D eigenvalue weighted by Gasteiger charge is 2.19. The normalized spacial score (nSPS) is 20.3. The van der Waals surface area contributed by atoms with Crippen LogP contribution in [0.25, 0.3) is 0 Å². The van der Waals surface area contributed by atoms with E-state index in [0.717, 1.165) is 28.6 Å². The van der Waals surface area contributed by atoms with Crippen molar-refractivity contribution in [3.8, 4) is 5.75 Å². The Morgan fingerprint density at radius 1 is 1.44 bits per heavy atom. The molecule has 1 aromatic rings. The number of aryl methyl sites for hydroxylation is 2. The van der Waals surface area contributed by atoms with E-state index in [-0.39, 0.29) is 0 Å². The maximum absolute atomic E-state index is 10.1. The lowest BCUT2D eigenvalue weighted by molar-refractivity contribution is 0.457. The van der Waals surface area contributed by atoms with E-state index in [1.807, 2.05) is 6.92 Å². The molecule has 1 unspecified atom stereocenters. The zero-order chi connectivity index (χ0) is 11.7. The molecule has 0 aliphatic carbocycles. The summed E-state index contributed by atoms with van der Waals surface area (Å²) >= 11 is 3.44. The molecule has 1 saturated heterocycles. The molecule has 0 spiro atoms. The minimum absolute atomic E-state index is 0.422. The average molecular weight is 284 g/mol. The number of halogens is 1. The Balaban J connectivity index is 2.28. The lowest BCUT2D eigenvalue weighted by atomic mass is 9.97. The number of hydrogen-bond acceptors (Lipinski definition) is 2. The topological polar surface area (TPSA) is 32.3 Å². The molecule has 2 nitrogen and oxygen atoms in total. The summed E-state index contributed by atoms with van der Waals surface area (Å²) in [5.41, 5.74) is 3.36. The van der Waals surface area contributed by atoms with Gasteiger partial charge in [0.25, 0.3) is 0 Å². The molecule has 0 saturated carbocycles. The van der Waals surface area contributed by atoms with Crippen LogP contribution in [0.1, 0.15) is 29.5 Å². The summed E-state index contributed by atoms with van der Waals surface area (Å²) in [4.78, 5) is 0. The first-order valence-corrected chi connectivity index (χ1v) is 6.60. The van der Waals surface area contributed by atoms with Gasteiger partial charge in [-0.3, -0.25) is 0 Å². The maximum atomic E-state index is 10.1. The Kier molecular flexibility index (Phi) is 3.55. The molecule has 0 bridgehead atoms. The third kappa shape index (κ3) is 2.25. The molecule has 2 N–H and O–H groups in total. The van der Waals surface area contributed by atoms with Crippen LogP contribution in [0.15, 0.2) is 10.5 Å². The van der Waals surface area contributed by atoms with Crippen molar-refractivity contribution in [1.29, 1.82) is 0 Å². The highest BCUT2D eigenvalue weighted by molar-refractivity contribution is 9.10. The van der Waals surface area contributed by atoms with E-state index in [9.17, 15) is 5.11 Å². The van der Waals surface area contributed by atoms with E-state index in [2.05, 4.69) is 34.2 Å². The molecule has 1 heterocycles. The summed E-state index contributed by atoms with van der Waals surface area (Å²) in [5.74, 6) is 0.422. The van der Waals surface area contributed by atoms with Crippen LogP contribution in [-0.2, 0) is 6.42 Å². The zero-order valence-corrected chi connectivity index (χ0v) is 11.4. The zero-order valence-electron chi connectivity index (χ0n) is 9.81. The molecule has 16 heavy (non-hydrogen) atoms. The van der Waals surface area contributed by atoms with Crippen molar-refractivity contribution in [3.05, 3.63) is 27.2 Å². The summed E-state index contributed by atoms with van der Waals surface area (Å²) in [7, 11) is 0. The van der Waals surface area contributed by atoms with Crippen LogP contribution in [-0.4, -0.2) is 17.7 Å². The van der Waals surface area contributed by atoms with E-state index in [4.69, 9.17) is 0 Å². The first kappa shape index (κ1) is 11.9. The second kappa shape index (κ2) is 4.76. The predicted octanol–water partition coefficient (Wildman–Crippen LogP) is 3.07. The van der Waals surface area contributed by atoms with Crippen molar-refractivity contribution in [2.75, 3.05) is 6.54 Å². The molecule has 0 amide bonds. The van der Waals surface area contributed by atoms with Gasteiger partial charge >= 0.3 is 0 Å². The Bertz CT molecular complexity index is 397. The van der Waals surface area contributed by atoms with Crippen molar-refractivity contribution in [3.63, 3.8) is 0 Å². The van der Waals surface area contributed by atoms with Crippen LogP contribution in [0.3, 0.4) is 0 Å². The van der Waals surface area contributed by atoms with Gasteiger partial charge in [0.1, 0.15) is 5.75 Å². The molecular weight excluding hydrogens is 266 g/mol. The summed E-state index contributed by atoms with van der Waals surface area (Å²) in [6, 6.07) is 2.66. The largest absolute Gasteiger partial charge is 0.506 e. The number of nitrogens with one attached hydrogen (secondary N) is 1. The van der Waals surface area contributed by atoms with Crippen molar-refractivity contribution in [2.24, 2.45) is 0 Å². The standard InChI is InChI=1S/C13H18BrNO/c1-8-6-9(2)12(14)13(16)11(8)7-10-4-3-5-15-10/h6,10,15-16H,3-5,7H2,1-2H3. The quantitative estimate of drug-likeness (QED) is 0.874. The third-order valence-electron chi connectivity index (χ3n) is 3.36. The molecule has 1 fully saturated rings. The van der Waals surface area contributed by atoms with Gasteiger partial charge in [-0.05, 0) is 72.3 Å². The van der Waals surface area contributed by atoms with Gasteiger partial charge in [0.2, 0.25) is 0 Å². The summed E-state index contributed by atoms with van der Waals surface area (Å²) in [5, 5.41) is 13.6. The van der Waals surface area contributed by atoms with Crippen LogP contribution in [0, 0.1) is 13.8 Å². The van der Waals surface area contributed by atoms with E-state index in [1.54, 1.807) is 0 Å². The fraction of sp³-hybridized carbons (Fsp3) is 0.538. The van der Waals surface area contributed by atoms with E-state index in [0.29, 0.717) is 11.8 Å². The van der Waals surface area contributed by atoms with Crippen LogP contribution < -0.4 is 5.32 Å². The number of rotatable bonds is 2. The fourth-order valence-corrected chi connectivity index (χ4v) is 2.77. The fourth-order valence-electron chi connectivity index (χ4n) is 2.42. The van der Waals surface area contributed by atoms with Crippen molar-refractivity contribution in [1.82, 2.24) is 5.32 Å². The molecule has 2 rings (SSSR count). The second-order valence-electron chi connectivity index (χ2n) is 4.65. The first-order chi connectivity index (χ1) is 7.59. The Labute approximate surface area is 105 Å². The monoisotopic (exact) mass is 283 g/mol. The number of benzene rings is 1. The van der Waals surface area contributed by atoms with Gasteiger partial charge in [0.05, 0.1) is 4.47 Å². The van der Waals surface area contributed by atoms with Gasteiger partial charge < -0.3 is 10.4 Å². The lowest BCUT2D eigenvalue weighted by Gasteiger charge is -2.16. The van der Waals surface area contributed by atoms with E-state index >= 15 is 0 Å². The third-order valence-corrected chi connectivity index (χ3v) is 4.36. The molecular formula is C13H18BrNO. The number of phenolic OH excluding ortho intramolecular Hbond substituents is 1. The lowest BCUT2D eigenvalue weighted by Crippen LogP contribution is -2.24. The number of hydrogen-bond donors (Lipinski definition) is 2. The molecule has 3 heteroatoms. The van der Waals surface area contributed by atoms with Crippen LogP contribution in [0.5, 0.6) is 5.75 Å². The van der Waals surface area contributed by atoms with Gasteiger partial charge in [-0.15, -0.1) is 0 Å². The minimum Gasteiger partial charge on any atom is -0.506 e. The smallest absolute Gasteiger partial charge is 0.133 e. The molecule has 1 aliphatic heterocycles. The highest BCUT2D eigenvalue weighted by Crippen LogP contribution is 2.34. The minimum atomic E-state index is 0.422. The Morgan fingerprint density at radius 3 is 2.81 bits per heavy atom. The molecule has 1 atom stereocenters. The predicted molar refractivity (Wildman–Crippen MR) is 70.0 cm³/mol. The van der Waals surface area contributed by atoms with Crippen LogP contribution in [0.2, 0.25) is 0 Å². The van der Waals surface area contributed by atoms with Gasteiger partial charge in [-0.1, -0.05) is 6.07 Å². The average Bonchev–Trinajstić information content (AvgIpc) is 2.74. The van der Waals surface area contributed by atoms with E-state index < -0.39 is 0 Å². The van der Waals surface area contributed by atoms with Gasteiger partial charge in [0.15, 0.2) is 0 Å². The van der Waals surface area contributed by atoms with Crippen molar-refractivity contribution < 1.29 is 5.11 Å². The summed E-state index contributed by atoms with van der Waals surface area (Å²) in [6.45, 7) is 5.19. The maximum Gasteiger partial charge on any atom is 0.133 e. The van der Waals surface area contributed by atoms with Gasteiger partial charge in [-0.2, -0.15) is 0 Å². The van der Waals surface area contributed by atoms with E-state index in [1.165, 1.54) is 18.4 Å². The number of aromatic hydroxyl groups is 1. The van der Waals surface area contributed by atoms with Gasteiger partial charge in [-0.25, -0.2) is 0 Å². The van der Waals surface area contributed by atoms with Crippen molar-refractivity contribution in [2.45, 2.75) is 39.2 Å².